The lowest BCUT2D eigenvalue weighted by atomic mass is 9.93. The number of likely N-dealkylation sites (tertiary alicyclic amines) is 1. The minimum Gasteiger partial charge on any atom is -0.299 e. The van der Waals surface area contributed by atoms with Crippen molar-refractivity contribution >= 4 is 0 Å². The highest BCUT2D eigenvalue weighted by atomic mass is 15.2. The van der Waals surface area contributed by atoms with Gasteiger partial charge in [0.1, 0.15) is 0 Å². The van der Waals surface area contributed by atoms with Crippen LogP contribution in [0.4, 0.5) is 0 Å². The van der Waals surface area contributed by atoms with Crippen LogP contribution >= 0.6 is 0 Å². The molecule has 0 amide bonds. The zero-order chi connectivity index (χ0) is 20.5. The van der Waals surface area contributed by atoms with Crippen molar-refractivity contribution in [1.29, 1.82) is 0 Å². The van der Waals surface area contributed by atoms with Crippen LogP contribution in [0.3, 0.4) is 0 Å². The molecular formula is C27H41N. The number of rotatable bonds is 9. The molecule has 2 rings (SSSR count). The lowest BCUT2D eigenvalue weighted by Crippen LogP contribution is -2.29. The van der Waals surface area contributed by atoms with Gasteiger partial charge in [-0.2, -0.15) is 0 Å². The molecule has 1 aliphatic heterocycles. The normalized spacial score (nSPS) is 22.6. The summed E-state index contributed by atoms with van der Waals surface area (Å²) in [4.78, 5) is 2.71. The molecule has 1 heterocycles. The lowest BCUT2D eigenvalue weighted by Gasteiger charge is -2.22. The molecule has 3 atom stereocenters. The van der Waals surface area contributed by atoms with Crippen molar-refractivity contribution in [2.75, 3.05) is 13.1 Å². The van der Waals surface area contributed by atoms with Crippen LogP contribution in [-0.2, 0) is 0 Å². The first-order chi connectivity index (χ1) is 13.5. The minimum atomic E-state index is 0.675. The molecule has 1 nitrogen and oxygen atoms in total. The standard InChI is InChI=1S/C27H41N/c1-7-17-28-20-26(25-16-15-23(5)24(6)18-25)19-27(28)14-12-10-9-11-13-22(4)21(3)8-2/h9-13,15-16,18,21,26-27H,7-8,14,17,19-20H2,1-6H3/b11-9-,12-10+,22-13+. The van der Waals surface area contributed by atoms with Crippen molar-refractivity contribution in [3.8, 4) is 0 Å². The largest absolute Gasteiger partial charge is 0.299 e. The predicted molar refractivity (Wildman–Crippen MR) is 125 cm³/mol. The summed E-state index contributed by atoms with van der Waals surface area (Å²) in [6.07, 6.45) is 16.1. The Bertz CT molecular complexity index is 694. The Morgan fingerprint density at radius 2 is 1.93 bits per heavy atom. The number of hydrogen-bond acceptors (Lipinski definition) is 1. The maximum Gasteiger partial charge on any atom is 0.0136 e. The van der Waals surface area contributed by atoms with E-state index in [1.54, 1.807) is 0 Å². The first-order valence-electron chi connectivity index (χ1n) is 11.3. The van der Waals surface area contributed by atoms with E-state index in [1.807, 2.05) is 0 Å². The van der Waals surface area contributed by atoms with Gasteiger partial charge in [-0.15, -0.1) is 0 Å². The van der Waals surface area contributed by atoms with Crippen molar-refractivity contribution in [3.05, 3.63) is 70.8 Å². The van der Waals surface area contributed by atoms with E-state index in [0.717, 1.165) is 6.42 Å². The van der Waals surface area contributed by atoms with Crippen LogP contribution in [0.5, 0.6) is 0 Å². The monoisotopic (exact) mass is 379 g/mol. The molecule has 0 aliphatic carbocycles. The van der Waals surface area contributed by atoms with Gasteiger partial charge in [0.15, 0.2) is 0 Å². The molecule has 1 aromatic carbocycles. The molecule has 154 valence electrons. The van der Waals surface area contributed by atoms with E-state index in [0.29, 0.717) is 17.9 Å². The number of aryl methyl sites for hydroxylation is 2. The summed E-state index contributed by atoms with van der Waals surface area (Å²) >= 11 is 0. The number of nitrogens with zero attached hydrogens (tertiary/aromatic N) is 1. The maximum absolute atomic E-state index is 2.71. The van der Waals surface area contributed by atoms with E-state index in [2.05, 4.69) is 95.0 Å². The molecule has 0 saturated carbocycles. The number of benzene rings is 1. The van der Waals surface area contributed by atoms with Gasteiger partial charge in [-0.3, -0.25) is 4.90 Å². The van der Waals surface area contributed by atoms with Crippen LogP contribution in [0.25, 0.3) is 0 Å². The molecule has 0 N–H and O–H groups in total. The maximum atomic E-state index is 2.71. The van der Waals surface area contributed by atoms with Gasteiger partial charge in [-0.25, -0.2) is 0 Å². The third-order valence-corrected chi connectivity index (χ3v) is 6.56. The third kappa shape index (κ3) is 6.48. The summed E-state index contributed by atoms with van der Waals surface area (Å²) in [5.74, 6) is 1.36. The molecule has 0 bridgehead atoms. The van der Waals surface area contributed by atoms with Crippen molar-refractivity contribution in [2.45, 2.75) is 79.2 Å². The van der Waals surface area contributed by atoms with E-state index < -0.39 is 0 Å². The van der Waals surface area contributed by atoms with E-state index in [-0.39, 0.29) is 0 Å². The Morgan fingerprint density at radius 1 is 1.14 bits per heavy atom. The highest BCUT2D eigenvalue weighted by molar-refractivity contribution is 5.33. The van der Waals surface area contributed by atoms with E-state index in [1.165, 1.54) is 54.6 Å². The van der Waals surface area contributed by atoms with Crippen molar-refractivity contribution < 1.29 is 0 Å². The second-order valence-corrected chi connectivity index (χ2v) is 8.69. The second kappa shape index (κ2) is 11.4. The van der Waals surface area contributed by atoms with Crippen LogP contribution in [0.2, 0.25) is 0 Å². The Morgan fingerprint density at radius 3 is 2.61 bits per heavy atom. The first-order valence-corrected chi connectivity index (χ1v) is 11.3. The van der Waals surface area contributed by atoms with Crippen LogP contribution < -0.4 is 0 Å². The molecule has 0 aromatic heterocycles. The fourth-order valence-corrected chi connectivity index (χ4v) is 4.12. The molecule has 28 heavy (non-hydrogen) atoms. The molecule has 0 spiro atoms. The van der Waals surface area contributed by atoms with Crippen LogP contribution in [0, 0.1) is 19.8 Å². The molecule has 0 radical (unpaired) electrons. The molecule has 1 aromatic rings. The highest BCUT2D eigenvalue weighted by Gasteiger charge is 2.31. The van der Waals surface area contributed by atoms with Gasteiger partial charge in [0.05, 0.1) is 0 Å². The zero-order valence-corrected chi connectivity index (χ0v) is 19.0. The Hall–Kier alpha value is -1.60. The van der Waals surface area contributed by atoms with Gasteiger partial charge >= 0.3 is 0 Å². The van der Waals surface area contributed by atoms with Gasteiger partial charge in [0.25, 0.3) is 0 Å². The number of allylic oxidation sites excluding steroid dienone is 5. The highest BCUT2D eigenvalue weighted by Crippen LogP contribution is 2.34. The van der Waals surface area contributed by atoms with Crippen LogP contribution in [0.15, 0.2) is 54.2 Å². The van der Waals surface area contributed by atoms with Gasteiger partial charge in [-0.1, -0.05) is 74.9 Å². The molecule has 1 aliphatic rings. The summed E-state index contributed by atoms with van der Waals surface area (Å²) < 4.78 is 0. The third-order valence-electron chi connectivity index (χ3n) is 6.56. The van der Waals surface area contributed by atoms with Crippen molar-refractivity contribution in [2.24, 2.45) is 5.92 Å². The SMILES string of the molecule is CCCN1CC(c2ccc(C)c(C)c2)CC1C/C=C/C=C\C=C(/C)C(C)CC. The van der Waals surface area contributed by atoms with Crippen molar-refractivity contribution in [3.63, 3.8) is 0 Å². The quantitative estimate of drug-likeness (QED) is 0.405. The fraction of sp³-hybridized carbons (Fsp3) is 0.556. The smallest absolute Gasteiger partial charge is 0.0136 e. The average molecular weight is 380 g/mol. The molecule has 1 fully saturated rings. The van der Waals surface area contributed by atoms with Crippen molar-refractivity contribution in [1.82, 2.24) is 4.90 Å². The molecule has 1 heteroatoms. The average Bonchev–Trinajstić information content (AvgIpc) is 3.08. The summed E-state index contributed by atoms with van der Waals surface area (Å²) in [7, 11) is 0. The van der Waals surface area contributed by atoms with Gasteiger partial charge in [-0.05, 0) is 81.5 Å². The summed E-state index contributed by atoms with van der Waals surface area (Å²) in [6.45, 7) is 15.9. The summed E-state index contributed by atoms with van der Waals surface area (Å²) in [5, 5.41) is 0. The van der Waals surface area contributed by atoms with E-state index >= 15 is 0 Å². The fourth-order valence-electron chi connectivity index (χ4n) is 4.12. The summed E-state index contributed by atoms with van der Waals surface area (Å²) in [6, 6.07) is 7.73. The van der Waals surface area contributed by atoms with E-state index in [4.69, 9.17) is 0 Å². The topological polar surface area (TPSA) is 3.24 Å². The second-order valence-electron chi connectivity index (χ2n) is 8.69. The summed E-state index contributed by atoms with van der Waals surface area (Å²) in [5.41, 5.74) is 5.82. The predicted octanol–water partition coefficient (Wildman–Crippen LogP) is 7.37. The minimum absolute atomic E-state index is 0.675. The lowest BCUT2D eigenvalue weighted by molar-refractivity contribution is 0.254. The van der Waals surface area contributed by atoms with Crippen LogP contribution in [-0.4, -0.2) is 24.0 Å². The molecular weight excluding hydrogens is 338 g/mol. The zero-order valence-electron chi connectivity index (χ0n) is 19.0. The van der Waals surface area contributed by atoms with Gasteiger partial charge in [0.2, 0.25) is 0 Å². The Labute approximate surface area is 174 Å². The molecule has 3 unspecified atom stereocenters. The van der Waals surface area contributed by atoms with E-state index in [9.17, 15) is 0 Å². The van der Waals surface area contributed by atoms with Gasteiger partial charge < -0.3 is 0 Å². The Balaban J connectivity index is 1.94. The van der Waals surface area contributed by atoms with Gasteiger partial charge in [0, 0.05) is 12.6 Å². The molecule has 1 saturated heterocycles. The Kier molecular flexibility index (Phi) is 9.25. The first kappa shape index (κ1) is 22.7. The van der Waals surface area contributed by atoms with Crippen LogP contribution in [0.1, 0.15) is 76.0 Å². The number of hydrogen-bond donors (Lipinski definition) is 0.